The lowest BCUT2D eigenvalue weighted by molar-refractivity contribution is -0.141. The van der Waals surface area contributed by atoms with Crippen molar-refractivity contribution in [2.24, 2.45) is 0 Å². The van der Waals surface area contributed by atoms with E-state index >= 15 is 0 Å². The van der Waals surface area contributed by atoms with Crippen LogP contribution >= 0.6 is 0 Å². The molecule has 1 aromatic heterocycles. The molecule has 0 fully saturated rings. The number of furan rings is 1. The molecule has 0 bridgehead atoms. The Bertz CT molecular complexity index is 1260. The van der Waals surface area contributed by atoms with Crippen molar-refractivity contribution < 1.29 is 36.7 Å². The first-order chi connectivity index (χ1) is 16.1. The first kappa shape index (κ1) is 24.3. The summed E-state index contributed by atoms with van der Waals surface area (Å²) >= 11 is 0. The molecule has 174 valence electrons. The number of carbonyl (C=O) groups excluding carboxylic acids is 2. The fourth-order valence-corrected chi connectivity index (χ4v) is 2.76. The fraction of sp³-hybridized carbons (Fsp3) is 0.0769. The Kier molecular flexibility index (Phi) is 7.21. The number of ether oxygens (including phenoxy) is 2. The third kappa shape index (κ3) is 6.13. The van der Waals surface area contributed by atoms with Crippen molar-refractivity contribution in [1.82, 2.24) is 0 Å². The molecule has 0 spiro atoms. The molecular weight excluding hydrogens is 449 g/mol. The zero-order valence-corrected chi connectivity index (χ0v) is 18.0. The van der Waals surface area contributed by atoms with Crippen LogP contribution in [0.5, 0.6) is 11.5 Å². The average molecular weight is 468 g/mol. The minimum absolute atomic E-state index is 0.161. The molecule has 0 saturated carbocycles. The van der Waals surface area contributed by atoms with E-state index in [1.54, 1.807) is 49.4 Å². The van der Waals surface area contributed by atoms with Crippen molar-refractivity contribution in [2.75, 3.05) is 0 Å². The first-order valence-corrected chi connectivity index (χ1v) is 9.88. The highest BCUT2D eigenvalue weighted by Crippen LogP contribution is 2.39. The summed E-state index contributed by atoms with van der Waals surface area (Å²) in [6, 6.07) is 13.1. The number of alkyl halides is 3. The van der Waals surface area contributed by atoms with Crippen LogP contribution in [0, 0.1) is 0 Å². The number of rotatable bonds is 7. The van der Waals surface area contributed by atoms with Crippen LogP contribution in [0.4, 0.5) is 13.2 Å². The molecule has 3 aromatic rings. The molecular formula is C26H19F3O5. The highest BCUT2D eigenvalue weighted by atomic mass is 19.4. The SMILES string of the molecule is C=CC(=O)Oc1ccc(-c2ccc(/C=C/c3ccc(OC(=O)C(=C)C)cc3)o2)cc1C(F)(F)F. The van der Waals surface area contributed by atoms with Gasteiger partial charge in [0.05, 0.1) is 5.56 Å². The summed E-state index contributed by atoms with van der Waals surface area (Å²) in [4.78, 5) is 22.9. The van der Waals surface area contributed by atoms with Gasteiger partial charge in [-0.15, -0.1) is 0 Å². The molecule has 0 atom stereocenters. The summed E-state index contributed by atoms with van der Waals surface area (Å²) in [5, 5.41) is 0. The van der Waals surface area contributed by atoms with E-state index in [1.807, 2.05) is 0 Å². The van der Waals surface area contributed by atoms with Crippen LogP contribution in [-0.2, 0) is 15.8 Å². The normalized spacial score (nSPS) is 11.3. The number of esters is 2. The van der Waals surface area contributed by atoms with Crippen molar-refractivity contribution in [3.8, 4) is 22.8 Å². The van der Waals surface area contributed by atoms with Gasteiger partial charge in [0, 0.05) is 17.2 Å². The zero-order chi connectivity index (χ0) is 24.9. The smallest absolute Gasteiger partial charge is 0.420 e. The Hall–Kier alpha value is -4.33. The van der Waals surface area contributed by atoms with Gasteiger partial charge in [-0.05, 0) is 61.0 Å². The molecule has 0 aliphatic carbocycles. The molecule has 0 aliphatic heterocycles. The number of carbonyl (C=O) groups is 2. The molecule has 1 heterocycles. The van der Waals surface area contributed by atoms with Gasteiger partial charge in [0.15, 0.2) is 0 Å². The first-order valence-electron chi connectivity index (χ1n) is 9.88. The lowest BCUT2D eigenvalue weighted by Gasteiger charge is -2.13. The fourth-order valence-electron chi connectivity index (χ4n) is 2.76. The average Bonchev–Trinajstić information content (AvgIpc) is 3.27. The van der Waals surface area contributed by atoms with E-state index in [1.165, 1.54) is 12.1 Å². The van der Waals surface area contributed by atoms with Gasteiger partial charge in [0.2, 0.25) is 0 Å². The molecule has 0 aliphatic rings. The molecule has 2 aromatic carbocycles. The highest BCUT2D eigenvalue weighted by molar-refractivity contribution is 5.88. The number of benzene rings is 2. The second kappa shape index (κ2) is 10.1. The van der Waals surface area contributed by atoms with Crippen molar-refractivity contribution in [1.29, 1.82) is 0 Å². The van der Waals surface area contributed by atoms with E-state index in [0.717, 1.165) is 23.8 Å². The maximum atomic E-state index is 13.5. The maximum Gasteiger partial charge on any atom is 0.420 e. The van der Waals surface area contributed by atoms with Crippen LogP contribution in [0.2, 0.25) is 0 Å². The quantitative estimate of drug-likeness (QED) is 0.219. The third-order valence-corrected chi connectivity index (χ3v) is 4.45. The number of hydrogen-bond acceptors (Lipinski definition) is 5. The monoisotopic (exact) mass is 468 g/mol. The topological polar surface area (TPSA) is 65.7 Å². The number of halogens is 3. The van der Waals surface area contributed by atoms with Crippen LogP contribution < -0.4 is 9.47 Å². The minimum Gasteiger partial charge on any atom is -0.457 e. The maximum absolute atomic E-state index is 13.5. The van der Waals surface area contributed by atoms with Crippen molar-refractivity contribution in [3.63, 3.8) is 0 Å². The molecule has 0 amide bonds. The second-order valence-corrected chi connectivity index (χ2v) is 7.11. The van der Waals surface area contributed by atoms with Gasteiger partial charge in [-0.2, -0.15) is 13.2 Å². The van der Waals surface area contributed by atoms with E-state index < -0.39 is 29.4 Å². The van der Waals surface area contributed by atoms with Crippen LogP contribution in [0.3, 0.4) is 0 Å². The lowest BCUT2D eigenvalue weighted by atomic mass is 10.1. The Morgan fingerprint density at radius 2 is 1.68 bits per heavy atom. The van der Waals surface area contributed by atoms with Gasteiger partial charge in [-0.1, -0.05) is 31.4 Å². The predicted octanol–water partition coefficient (Wildman–Crippen LogP) is 6.71. The summed E-state index contributed by atoms with van der Waals surface area (Å²) in [7, 11) is 0. The molecule has 3 rings (SSSR count). The van der Waals surface area contributed by atoms with Gasteiger partial charge in [0.25, 0.3) is 0 Å². The van der Waals surface area contributed by atoms with E-state index in [2.05, 4.69) is 13.2 Å². The molecule has 0 saturated heterocycles. The predicted molar refractivity (Wildman–Crippen MR) is 121 cm³/mol. The second-order valence-electron chi connectivity index (χ2n) is 7.11. The Balaban J connectivity index is 1.78. The standard InChI is InChI=1S/C26H19F3O5/c1-4-24(30)34-23-13-8-18(15-21(23)26(27,28)29)22-14-12-19(32-22)9-5-17-6-10-20(11-7-17)33-25(31)16(2)3/h4-15H,1-2H2,3H3/b9-5+. The van der Waals surface area contributed by atoms with Crippen molar-refractivity contribution >= 4 is 24.1 Å². The van der Waals surface area contributed by atoms with E-state index in [-0.39, 0.29) is 16.9 Å². The summed E-state index contributed by atoms with van der Waals surface area (Å²) in [6.45, 7) is 8.24. The summed E-state index contributed by atoms with van der Waals surface area (Å²) < 4.78 is 55.8. The summed E-state index contributed by atoms with van der Waals surface area (Å²) in [5.41, 5.74) is 0.114. The summed E-state index contributed by atoms with van der Waals surface area (Å²) in [5.74, 6) is -1.16. The lowest BCUT2D eigenvalue weighted by Crippen LogP contribution is -2.11. The van der Waals surface area contributed by atoms with Gasteiger partial charge < -0.3 is 13.9 Å². The Morgan fingerprint density at radius 1 is 0.971 bits per heavy atom. The van der Waals surface area contributed by atoms with E-state index in [4.69, 9.17) is 13.9 Å². The van der Waals surface area contributed by atoms with E-state index in [0.29, 0.717) is 11.5 Å². The van der Waals surface area contributed by atoms with Gasteiger partial charge in [0.1, 0.15) is 23.0 Å². The molecule has 34 heavy (non-hydrogen) atoms. The molecule has 0 unspecified atom stereocenters. The third-order valence-electron chi connectivity index (χ3n) is 4.45. The molecule has 0 N–H and O–H groups in total. The largest absolute Gasteiger partial charge is 0.457 e. The van der Waals surface area contributed by atoms with Crippen LogP contribution in [0.15, 0.2) is 83.8 Å². The van der Waals surface area contributed by atoms with Gasteiger partial charge >= 0.3 is 18.1 Å². The minimum atomic E-state index is -4.74. The Labute approximate surface area is 193 Å². The highest BCUT2D eigenvalue weighted by Gasteiger charge is 2.35. The van der Waals surface area contributed by atoms with Gasteiger partial charge in [-0.25, -0.2) is 9.59 Å². The number of hydrogen-bond donors (Lipinski definition) is 0. The Morgan fingerprint density at radius 3 is 2.29 bits per heavy atom. The molecule has 8 heteroatoms. The molecule has 0 radical (unpaired) electrons. The van der Waals surface area contributed by atoms with Crippen LogP contribution in [-0.4, -0.2) is 11.9 Å². The van der Waals surface area contributed by atoms with E-state index in [9.17, 15) is 22.8 Å². The van der Waals surface area contributed by atoms with Gasteiger partial charge in [-0.3, -0.25) is 0 Å². The van der Waals surface area contributed by atoms with Crippen LogP contribution in [0.1, 0.15) is 23.8 Å². The molecule has 5 nitrogen and oxygen atoms in total. The van der Waals surface area contributed by atoms with Crippen molar-refractivity contribution in [2.45, 2.75) is 13.1 Å². The summed E-state index contributed by atoms with van der Waals surface area (Å²) in [6.07, 6.45) is -0.594. The zero-order valence-electron chi connectivity index (χ0n) is 18.0. The van der Waals surface area contributed by atoms with Crippen LogP contribution in [0.25, 0.3) is 23.5 Å². The van der Waals surface area contributed by atoms with Crippen molar-refractivity contribution in [3.05, 3.63) is 96.3 Å².